The number of aliphatic carboxylic acids is 1. The maximum atomic E-state index is 10.5. The van der Waals surface area contributed by atoms with E-state index < -0.39 is 5.97 Å². The lowest BCUT2D eigenvalue weighted by molar-refractivity contribution is -0.133. The molecule has 1 N–H and O–H groups in total. The molecule has 0 spiro atoms. The van der Waals surface area contributed by atoms with Gasteiger partial charge in [0.2, 0.25) is 0 Å². The predicted molar refractivity (Wildman–Crippen MR) is 61.6 cm³/mol. The Hall–Kier alpha value is -1.83. The lowest BCUT2D eigenvalue weighted by Crippen LogP contribution is -2.02. The first-order valence-electron chi connectivity index (χ1n) is 4.80. The minimum atomic E-state index is -0.875. The Morgan fingerprint density at radius 2 is 2.24 bits per heavy atom. The molecule has 0 saturated carbocycles. The van der Waals surface area contributed by atoms with Crippen molar-refractivity contribution in [2.24, 2.45) is 14.1 Å². The maximum absolute atomic E-state index is 10.5. The van der Waals surface area contributed by atoms with Crippen molar-refractivity contribution < 1.29 is 9.90 Å². The number of aromatic nitrogens is 5. The van der Waals surface area contributed by atoms with Crippen LogP contribution in [-0.4, -0.2) is 41.1 Å². The molecule has 0 saturated heterocycles. The fraction of sp³-hybridized carbons (Fsp3) is 0.333. The van der Waals surface area contributed by atoms with Gasteiger partial charge in [0.05, 0.1) is 18.3 Å². The van der Waals surface area contributed by atoms with Crippen LogP contribution in [0.2, 0.25) is 0 Å². The van der Waals surface area contributed by atoms with Gasteiger partial charge >= 0.3 is 5.97 Å². The van der Waals surface area contributed by atoms with E-state index in [2.05, 4.69) is 15.2 Å². The van der Waals surface area contributed by atoms with Gasteiger partial charge in [-0.25, -0.2) is 4.98 Å². The highest BCUT2D eigenvalue weighted by molar-refractivity contribution is 7.99. The highest BCUT2D eigenvalue weighted by Crippen LogP contribution is 2.21. The van der Waals surface area contributed by atoms with Crippen LogP contribution in [-0.2, 0) is 18.9 Å². The molecule has 2 aromatic heterocycles. The van der Waals surface area contributed by atoms with Crippen LogP contribution in [0, 0.1) is 0 Å². The van der Waals surface area contributed by atoms with E-state index in [9.17, 15) is 4.79 Å². The molecule has 2 aromatic rings. The molecule has 0 aromatic carbocycles. The topological polar surface area (TPSA) is 85.8 Å². The Bertz CT molecular complexity index is 547. The molecular formula is C9H11N5O2S. The summed E-state index contributed by atoms with van der Waals surface area (Å²) < 4.78 is 3.58. The van der Waals surface area contributed by atoms with Crippen molar-refractivity contribution in [3.05, 3.63) is 12.5 Å². The molecule has 0 aliphatic heterocycles. The lowest BCUT2D eigenvalue weighted by Gasteiger charge is -2.02. The highest BCUT2D eigenvalue weighted by atomic mass is 32.2. The van der Waals surface area contributed by atoms with E-state index in [1.54, 1.807) is 24.1 Å². The summed E-state index contributed by atoms with van der Waals surface area (Å²) in [5, 5.41) is 17.2. The van der Waals surface area contributed by atoms with Crippen LogP contribution in [0.3, 0.4) is 0 Å². The number of carbonyl (C=O) groups is 1. The van der Waals surface area contributed by atoms with Crippen molar-refractivity contribution >= 4 is 17.7 Å². The molecule has 2 rings (SSSR count). The first kappa shape index (κ1) is 11.6. The van der Waals surface area contributed by atoms with Gasteiger partial charge in [0.1, 0.15) is 5.69 Å². The molecule has 0 radical (unpaired) electrons. The SMILES string of the molecule is Cn1cncc1-c1nnc(SCC(=O)O)n1C. The van der Waals surface area contributed by atoms with Crippen molar-refractivity contribution in [1.82, 2.24) is 24.3 Å². The number of hydrogen-bond acceptors (Lipinski definition) is 5. The molecule has 0 unspecified atom stereocenters. The Balaban J connectivity index is 2.27. The van der Waals surface area contributed by atoms with Gasteiger partial charge in [-0.1, -0.05) is 11.8 Å². The standard InChI is InChI=1S/C9H11N5O2S/c1-13-5-10-3-6(13)8-11-12-9(14(8)2)17-4-7(15)16/h3,5H,4H2,1-2H3,(H,15,16). The monoisotopic (exact) mass is 253 g/mol. The van der Waals surface area contributed by atoms with Gasteiger partial charge in [-0.15, -0.1) is 10.2 Å². The second-order valence-electron chi connectivity index (χ2n) is 3.44. The smallest absolute Gasteiger partial charge is 0.313 e. The van der Waals surface area contributed by atoms with Crippen LogP contribution in [0.4, 0.5) is 0 Å². The van der Waals surface area contributed by atoms with Gasteiger partial charge in [0.25, 0.3) is 0 Å². The first-order chi connectivity index (χ1) is 8.09. The third-order valence-corrected chi connectivity index (χ3v) is 3.21. The summed E-state index contributed by atoms with van der Waals surface area (Å²) in [6.45, 7) is 0. The van der Waals surface area contributed by atoms with Crippen LogP contribution in [0.1, 0.15) is 0 Å². The molecule has 8 heteroatoms. The van der Waals surface area contributed by atoms with E-state index in [1.807, 2.05) is 11.6 Å². The molecule has 7 nitrogen and oxygen atoms in total. The molecule has 0 atom stereocenters. The van der Waals surface area contributed by atoms with Gasteiger partial charge in [0, 0.05) is 14.1 Å². The molecule has 0 aliphatic carbocycles. The quantitative estimate of drug-likeness (QED) is 0.793. The van der Waals surface area contributed by atoms with E-state index >= 15 is 0 Å². The van der Waals surface area contributed by atoms with Crippen LogP contribution in [0.5, 0.6) is 0 Å². The number of hydrogen-bond donors (Lipinski definition) is 1. The summed E-state index contributed by atoms with van der Waals surface area (Å²) in [5.41, 5.74) is 0.835. The number of nitrogens with zero attached hydrogens (tertiary/aromatic N) is 5. The summed E-state index contributed by atoms with van der Waals surface area (Å²) in [5.74, 6) is -0.241. The van der Waals surface area contributed by atoms with Crippen LogP contribution in [0.25, 0.3) is 11.5 Å². The largest absolute Gasteiger partial charge is 0.481 e. The molecule has 0 aliphatic rings. The maximum Gasteiger partial charge on any atom is 0.313 e. The van der Waals surface area contributed by atoms with Crippen LogP contribution in [0.15, 0.2) is 17.7 Å². The zero-order valence-corrected chi connectivity index (χ0v) is 10.2. The summed E-state index contributed by atoms with van der Waals surface area (Å²) in [6, 6.07) is 0. The molecule has 0 amide bonds. The number of imidazole rings is 1. The molecule has 17 heavy (non-hydrogen) atoms. The second kappa shape index (κ2) is 4.58. The molecule has 2 heterocycles. The first-order valence-corrected chi connectivity index (χ1v) is 5.79. The summed E-state index contributed by atoms with van der Waals surface area (Å²) in [6.07, 6.45) is 3.36. The Morgan fingerprint density at radius 3 is 2.82 bits per heavy atom. The van der Waals surface area contributed by atoms with Gasteiger partial charge < -0.3 is 14.2 Å². The Morgan fingerprint density at radius 1 is 1.47 bits per heavy atom. The van der Waals surface area contributed by atoms with Crippen molar-refractivity contribution in [3.63, 3.8) is 0 Å². The number of thioether (sulfide) groups is 1. The highest BCUT2D eigenvalue weighted by Gasteiger charge is 2.14. The van der Waals surface area contributed by atoms with E-state index in [4.69, 9.17) is 5.11 Å². The van der Waals surface area contributed by atoms with E-state index in [-0.39, 0.29) is 5.75 Å². The van der Waals surface area contributed by atoms with Gasteiger partial charge in [0.15, 0.2) is 11.0 Å². The van der Waals surface area contributed by atoms with Crippen molar-refractivity contribution in [1.29, 1.82) is 0 Å². The average molecular weight is 253 g/mol. The van der Waals surface area contributed by atoms with Crippen LogP contribution >= 0.6 is 11.8 Å². The van der Waals surface area contributed by atoms with Crippen LogP contribution < -0.4 is 0 Å². The number of carboxylic acids is 1. The van der Waals surface area contributed by atoms with Gasteiger partial charge in [-0.3, -0.25) is 4.79 Å². The van der Waals surface area contributed by atoms with Gasteiger partial charge in [-0.05, 0) is 0 Å². The van der Waals surface area contributed by atoms with E-state index in [0.29, 0.717) is 11.0 Å². The summed E-state index contributed by atoms with van der Waals surface area (Å²) in [7, 11) is 3.66. The fourth-order valence-electron chi connectivity index (χ4n) is 1.36. The van der Waals surface area contributed by atoms with E-state index in [1.165, 1.54) is 0 Å². The average Bonchev–Trinajstić information content (AvgIpc) is 2.82. The van der Waals surface area contributed by atoms with Crippen molar-refractivity contribution in [3.8, 4) is 11.5 Å². The van der Waals surface area contributed by atoms with Crippen molar-refractivity contribution in [2.45, 2.75) is 5.16 Å². The third kappa shape index (κ3) is 2.31. The zero-order valence-electron chi connectivity index (χ0n) is 9.36. The second-order valence-corrected chi connectivity index (χ2v) is 4.38. The summed E-state index contributed by atoms with van der Waals surface area (Å²) >= 11 is 1.14. The number of carboxylic acid groups (broad SMARTS) is 1. The third-order valence-electron chi connectivity index (χ3n) is 2.21. The number of aryl methyl sites for hydroxylation is 1. The molecule has 90 valence electrons. The molecule has 0 fully saturated rings. The Kier molecular flexibility index (Phi) is 3.14. The van der Waals surface area contributed by atoms with Gasteiger partial charge in [-0.2, -0.15) is 0 Å². The number of rotatable bonds is 4. The fourth-order valence-corrected chi connectivity index (χ4v) is 1.99. The van der Waals surface area contributed by atoms with E-state index in [0.717, 1.165) is 17.5 Å². The summed E-state index contributed by atoms with van der Waals surface area (Å²) in [4.78, 5) is 14.5. The zero-order chi connectivity index (χ0) is 12.4. The minimum absolute atomic E-state index is 0.0304. The normalized spacial score (nSPS) is 10.7. The minimum Gasteiger partial charge on any atom is -0.481 e. The molecular weight excluding hydrogens is 242 g/mol. The molecule has 0 bridgehead atoms. The van der Waals surface area contributed by atoms with Crippen molar-refractivity contribution in [2.75, 3.05) is 5.75 Å². The Labute approximate surface area is 101 Å². The predicted octanol–water partition coefficient (Wildman–Crippen LogP) is 0.392. The lowest BCUT2D eigenvalue weighted by atomic mass is 10.4.